The van der Waals surface area contributed by atoms with Crippen LogP contribution in [0.1, 0.15) is 23.0 Å². The summed E-state index contributed by atoms with van der Waals surface area (Å²) < 4.78 is 22.6. The first-order valence-electron chi connectivity index (χ1n) is 8.25. The van der Waals surface area contributed by atoms with E-state index < -0.39 is 5.63 Å². The Hall–Kier alpha value is -2.95. The summed E-state index contributed by atoms with van der Waals surface area (Å²) in [6.07, 6.45) is 0. The van der Waals surface area contributed by atoms with E-state index in [1.165, 1.54) is 0 Å². The second-order valence-corrected chi connectivity index (χ2v) is 6.37. The minimum absolute atomic E-state index is 0.0392. The maximum Gasteiger partial charge on any atom is 0.379 e. The molecular formula is C20H16O5. The Bertz CT molecular complexity index is 1040. The van der Waals surface area contributed by atoms with E-state index in [0.717, 1.165) is 28.0 Å². The summed E-state index contributed by atoms with van der Waals surface area (Å²) in [5, 5.41) is 0.904. The molecule has 2 aromatic carbocycles. The fraction of sp³-hybridized carbons (Fsp3) is 0.250. The van der Waals surface area contributed by atoms with Gasteiger partial charge in [-0.15, -0.1) is 0 Å². The summed E-state index contributed by atoms with van der Waals surface area (Å²) in [5.74, 6) is 2.09. The van der Waals surface area contributed by atoms with E-state index in [4.69, 9.17) is 18.6 Å². The summed E-state index contributed by atoms with van der Waals surface area (Å²) >= 11 is 0. The van der Waals surface area contributed by atoms with Crippen molar-refractivity contribution in [2.24, 2.45) is 0 Å². The number of methoxy groups -OCH3 is 1. The highest BCUT2D eigenvalue weighted by molar-refractivity contribution is 5.83. The second kappa shape index (κ2) is 5.28. The molecule has 0 saturated carbocycles. The molecule has 0 bridgehead atoms. The minimum Gasteiger partial charge on any atom is -0.497 e. The van der Waals surface area contributed by atoms with E-state index in [1.54, 1.807) is 13.2 Å². The Morgan fingerprint density at radius 2 is 1.88 bits per heavy atom. The van der Waals surface area contributed by atoms with Gasteiger partial charge >= 0.3 is 5.63 Å². The van der Waals surface area contributed by atoms with E-state index in [2.05, 4.69) is 0 Å². The fourth-order valence-electron chi connectivity index (χ4n) is 3.91. The largest absolute Gasteiger partial charge is 0.497 e. The van der Waals surface area contributed by atoms with E-state index >= 15 is 0 Å². The Labute approximate surface area is 143 Å². The molecule has 0 radical (unpaired) electrons. The zero-order valence-electron chi connectivity index (χ0n) is 13.7. The average Bonchev–Trinajstić information content (AvgIpc) is 2.67. The molecule has 2 atom stereocenters. The SMILES string of the molecule is COc1ccc2c(c1)[C@@H]1COc3c(c4ccccc4oc3=O)[C@@H]1CO2. The Kier molecular flexibility index (Phi) is 3.04. The first kappa shape index (κ1) is 14.4. The van der Waals surface area contributed by atoms with Crippen LogP contribution in [0.4, 0.5) is 0 Å². The fourth-order valence-corrected chi connectivity index (χ4v) is 3.91. The Morgan fingerprint density at radius 3 is 2.76 bits per heavy atom. The van der Waals surface area contributed by atoms with Crippen molar-refractivity contribution in [1.82, 2.24) is 0 Å². The maximum atomic E-state index is 12.3. The van der Waals surface area contributed by atoms with E-state index in [0.29, 0.717) is 24.5 Å². The van der Waals surface area contributed by atoms with Crippen molar-refractivity contribution in [2.75, 3.05) is 20.3 Å². The van der Waals surface area contributed by atoms with Crippen molar-refractivity contribution in [1.29, 1.82) is 0 Å². The van der Waals surface area contributed by atoms with Gasteiger partial charge in [0.25, 0.3) is 0 Å². The molecule has 0 spiro atoms. The molecule has 2 aliphatic rings. The summed E-state index contributed by atoms with van der Waals surface area (Å²) in [4.78, 5) is 12.3. The molecular weight excluding hydrogens is 320 g/mol. The molecule has 0 aliphatic carbocycles. The summed E-state index contributed by atoms with van der Waals surface area (Å²) in [7, 11) is 1.65. The van der Waals surface area contributed by atoms with Gasteiger partial charge in [0, 0.05) is 28.3 Å². The highest BCUT2D eigenvalue weighted by Gasteiger charge is 2.40. The second-order valence-electron chi connectivity index (χ2n) is 6.37. The molecule has 126 valence electrons. The number of hydrogen-bond acceptors (Lipinski definition) is 5. The molecule has 1 aromatic heterocycles. The number of hydrogen-bond donors (Lipinski definition) is 0. The zero-order valence-corrected chi connectivity index (χ0v) is 13.7. The minimum atomic E-state index is -0.427. The van der Waals surface area contributed by atoms with Crippen LogP contribution in [0, 0.1) is 0 Å². The normalized spacial score (nSPS) is 20.7. The van der Waals surface area contributed by atoms with Gasteiger partial charge < -0.3 is 18.6 Å². The molecule has 0 amide bonds. The summed E-state index contributed by atoms with van der Waals surface area (Å²) in [6.45, 7) is 0.929. The van der Waals surface area contributed by atoms with E-state index in [1.807, 2.05) is 36.4 Å². The van der Waals surface area contributed by atoms with Gasteiger partial charge in [0.05, 0.1) is 20.3 Å². The van der Waals surface area contributed by atoms with Gasteiger partial charge in [-0.05, 0) is 24.3 Å². The molecule has 5 nitrogen and oxygen atoms in total. The third-order valence-electron chi connectivity index (χ3n) is 5.11. The van der Waals surface area contributed by atoms with Crippen LogP contribution in [0.25, 0.3) is 11.0 Å². The number of rotatable bonds is 1. The van der Waals surface area contributed by atoms with Gasteiger partial charge in [-0.1, -0.05) is 18.2 Å². The molecule has 5 heteroatoms. The van der Waals surface area contributed by atoms with Crippen LogP contribution in [0.2, 0.25) is 0 Å². The lowest BCUT2D eigenvalue weighted by molar-refractivity contribution is 0.164. The Morgan fingerprint density at radius 1 is 1.04 bits per heavy atom. The topological polar surface area (TPSA) is 57.9 Å². The van der Waals surface area contributed by atoms with Gasteiger partial charge in [-0.3, -0.25) is 0 Å². The summed E-state index contributed by atoms with van der Waals surface area (Å²) in [6, 6.07) is 13.4. The lowest BCUT2D eigenvalue weighted by Gasteiger charge is -2.38. The predicted octanol–water partition coefficient (Wildman–Crippen LogP) is 3.45. The molecule has 0 saturated heterocycles. The number of benzene rings is 2. The van der Waals surface area contributed by atoms with Crippen LogP contribution in [0.3, 0.4) is 0 Å². The smallest absolute Gasteiger partial charge is 0.379 e. The monoisotopic (exact) mass is 336 g/mol. The zero-order chi connectivity index (χ0) is 17.0. The van der Waals surface area contributed by atoms with Crippen LogP contribution in [0.15, 0.2) is 51.7 Å². The van der Waals surface area contributed by atoms with Gasteiger partial charge in [-0.2, -0.15) is 0 Å². The van der Waals surface area contributed by atoms with Gasteiger partial charge in [-0.25, -0.2) is 4.79 Å². The van der Waals surface area contributed by atoms with Crippen molar-refractivity contribution < 1.29 is 18.6 Å². The standard InChI is InChI=1S/C20H16O5/c1-22-11-6-7-16-13(8-11)14-9-24-19-18(15(14)10-23-16)12-4-2-3-5-17(12)25-20(19)21/h2-8,14-15H,9-10H2,1H3/t14-,15+/m0/s1. The molecule has 2 aliphatic heterocycles. The molecule has 25 heavy (non-hydrogen) atoms. The van der Waals surface area contributed by atoms with Crippen molar-refractivity contribution in [3.63, 3.8) is 0 Å². The van der Waals surface area contributed by atoms with Gasteiger partial charge in [0.1, 0.15) is 17.1 Å². The molecule has 3 heterocycles. The lowest BCUT2D eigenvalue weighted by Crippen LogP contribution is -2.34. The number of fused-ring (bicyclic) bond motifs is 7. The third-order valence-corrected chi connectivity index (χ3v) is 5.11. The third kappa shape index (κ3) is 2.05. The number of ether oxygens (including phenoxy) is 3. The van der Waals surface area contributed by atoms with Crippen LogP contribution in [-0.4, -0.2) is 20.3 Å². The molecule has 3 aromatic rings. The number of para-hydroxylation sites is 1. The maximum absolute atomic E-state index is 12.3. The van der Waals surface area contributed by atoms with Crippen LogP contribution in [-0.2, 0) is 0 Å². The first-order valence-corrected chi connectivity index (χ1v) is 8.25. The summed E-state index contributed by atoms with van der Waals surface area (Å²) in [5.41, 5.74) is 2.09. The average molecular weight is 336 g/mol. The van der Waals surface area contributed by atoms with Crippen molar-refractivity contribution in [3.8, 4) is 17.2 Å². The van der Waals surface area contributed by atoms with Gasteiger partial charge in [0.15, 0.2) is 0 Å². The highest BCUT2D eigenvalue weighted by Crippen LogP contribution is 2.49. The van der Waals surface area contributed by atoms with Crippen molar-refractivity contribution in [3.05, 3.63) is 64.0 Å². The first-order chi connectivity index (χ1) is 12.3. The van der Waals surface area contributed by atoms with Crippen LogP contribution < -0.4 is 19.8 Å². The highest BCUT2D eigenvalue weighted by atomic mass is 16.5. The van der Waals surface area contributed by atoms with E-state index in [-0.39, 0.29) is 11.8 Å². The molecule has 5 rings (SSSR count). The Balaban J connectivity index is 1.73. The van der Waals surface area contributed by atoms with Crippen molar-refractivity contribution >= 4 is 11.0 Å². The quantitative estimate of drug-likeness (QED) is 0.637. The molecule has 0 N–H and O–H groups in total. The van der Waals surface area contributed by atoms with E-state index in [9.17, 15) is 4.79 Å². The molecule has 0 fully saturated rings. The van der Waals surface area contributed by atoms with Crippen LogP contribution in [0.5, 0.6) is 17.2 Å². The lowest BCUT2D eigenvalue weighted by atomic mass is 9.77. The predicted molar refractivity (Wildman–Crippen MR) is 92.0 cm³/mol. The van der Waals surface area contributed by atoms with Crippen molar-refractivity contribution in [2.45, 2.75) is 11.8 Å². The molecule has 0 unspecified atom stereocenters. The van der Waals surface area contributed by atoms with Crippen LogP contribution >= 0.6 is 0 Å². The van der Waals surface area contributed by atoms with Gasteiger partial charge in [0.2, 0.25) is 5.75 Å².